The number of amides is 2. The molecule has 1 heterocycles. The maximum atomic E-state index is 13.7. The number of hydrogen-bond acceptors (Lipinski definition) is 6. The van der Waals surface area contributed by atoms with E-state index in [1.165, 1.54) is 31.2 Å². The molecule has 278 valence electrons. The van der Waals surface area contributed by atoms with Gasteiger partial charge in [-0.15, -0.1) is 0 Å². The lowest BCUT2D eigenvalue weighted by molar-refractivity contribution is -0.130. The van der Waals surface area contributed by atoms with Gasteiger partial charge in [0.25, 0.3) is 0 Å². The molecule has 10 heteroatoms. The molecule has 54 heavy (non-hydrogen) atoms. The van der Waals surface area contributed by atoms with E-state index in [4.69, 9.17) is 4.98 Å². The zero-order valence-electron chi connectivity index (χ0n) is 30.5. The van der Waals surface area contributed by atoms with Gasteiger partial charge in [0.2, 0.25) is 11.8 Å². The van der Waals surface area contributed by atoms with Crippen LogP contribution >= 0.6 is 0 Å². The summed E-state index contributed by atoms with van der Waals surface area (Å²) in [5.41, 5.74) is 3.39. The van der Waals surface area contributed by atoms with Crippen LogP contribution in [-0.2, 0) is 42.4 Å². The number of nitrogens with one attached hydrogen (secondary N) is 2. The van der Waals surface area contributed by atoms with Crippen LogP contribution in [0, 0.1) is 5.82 Å². The topological polar surface area (TPSA) is 127 Å². The Hall–Kier alpha value is -6.03. The predicted octanol–water partition coefficient (Wildman–Crippen LogP) is 6.31. The maximum Gasteiger partial charge on any atom is 0.221 e. The summed E-state index contributed by atoms with van der Waals surface area (Å²) in [5, 5.41) is 5.54. The first-order valence-electron chi connectivity index (χ1n) is 18.2. The summed E-state index contributed by atoms with van der Waals surface area (Å²) in [4.78, 5) is 68.9. The number of benzene rings is 4. The molecule has 9 nitrogen and oxygen atoms in total. The van der Waals surface area contributed by atoms with E-state index in [-0.39, 0.29) is 68.2 Å². The molecule has 0 aliphatic carbocycles. The molecule has 4 aromatic carbocycles. The number of nitrogens with zero attached hydrogens (tertiary/aromatic N) is 2. The highest BCUT2D eigenvalue weighted by Crippen LogP contribution is 2.40. The summed E-state index contributed by atoms with van der Waals surface area (Å²) >= 11 is 0. The number of carbonyl (C=O) groups is 5. The van der Waals surface area contributed by atoms with E-state index in [0.717, 1.165) is 16.7 Å². The Labute approximate surface area is 315 Å². The Bertz CT molecular complexity index is 1940. The second-order valence-corrected chi connectivity index (χ2v) is 13.3. The van der Waals surface area contributed by atoms with Crippen molar-refractivity contribution in [2.75, 3.05) is 0 Å². The van der Waals surface area contributed by atoms with E-state index in [0.29, 0.717) is 11.3 Å². The maximum absolute atomic E-state index is 13.7. The highest BCUT2D eigenvalue weighted by Gasteiger charge is 2.38. The second kappa shape index (κ2) is 18.6. The fourth-order valence-corrected chi connectivity index (χ4v) is 6.64. The third-order valence-corrected chi connectivity index (χ3v) is 9.46. The highest BCUT2D eigenvalue weighted by molar-refractivity contribution is 5.94. The minimum atomic E-state index is -0.962. The Morgan fingerprint density at radius 3 is 1.63 bits per heavy atom. The minimum Gasteiger partial charge on any atom is -0.346 e. The van der Waals surface area contributed by atoms with Gasteiger partial charge in [-0.1, -0.05) is 110 Å². The lowest BCUT2D eigenvalue weighted by Crippen LogP contribution is -2.44. The van der Waals surface area contributed by atoms with Gasteiger partial charge < -0.3 is 20.0 Å². The van der Waals surface area contributed by atoms with Crippen LogP contribution in [0.2, 0.25) is 0 Å². The van der Waals surface area contributed by atoms with Crippen molar-refractivity contribution in [3.63, 3.8) is 0 Å². The molecule has 0 spiro atoms. The van der Waals surface area contributed by atoms with Gasteiger partial charge in [0, 0.05) is 44.7 Å². The number of halogens is 1. The number of hydrogen-bond donors (Lipinski definition) is 2. The van der Waals surface area contributed by atoms with Crippen molar-refractivity contribution in [3.05, 3.63) is 162 Å². The van der Waals surface area contributed by atoms with Crippen LogP contribution in [0.4, 0.5) is 4.39 Å². The summed E-state index contributed by atoms with van der Waals surface area (Å²) in [6.07, 6.45) is 3.52. The van der Waals surface area contributed by atoms with Crippen molar-refractivity contribution in [2.24, 2.45) is 0 Å². The zero-order valence-corrected chi connectivity index (χ0v) is 30.5. The number of imidazole rings is 1. The normalized spacial score (nSPS) is 12.4. The molecule has 1 aromatic heterocycles. The van der Waals surface area contributed by atoms with Crippen LogP contribution in [-0.4, -0.2) is 50.8 Å². The van der Waals surface area contributed by atoms with Crippen LogP contribution < -0.4 is 10.6 Å². The third-order valence-electron chi connectivity index (χ3n) is 9.46. The third kappa shape index (κ3) is 9.89. The van der Waals surface area contributed by atoms with Crippen LogP contribution in [0.15, 0.2) is 128 Å². The van der Waals surface area contributed by atoms with Gasteiger partial charge in [-0.2, -0.15) is 0 Å². The van der Waals surface area contributed by atoms with E-state index >= 15 is 0 Å². The molecule has 0 radical (unpaired) electrons. The van der Waals surface area contributed by atoms with Crippen molar-refractivity contribution in [3.8, 4) is 0 Å². The molecular formula is C44H45FN4O5. The van der Waals surface area contributed by atoms with Crippen LogP contribution in [0.1, 0.15) is 73.9 Å². The van der Waals surface area contributed by atoms with Crippen molar-refractivity contribution in [2.45, 2.75) is 76.4 Å². The zero-order chi connectivity index (χ0) is 38.5. The monoisotopic (exact) mass is 728 g/mol. The van der Waals surface area contributed by atoms with E-state index in [9.17, 15) is 28.4 Å². The second-order valence-electron chi connectivity index (χ2n) is 13.3. The van der Waals surface area contributed by atoms with Crippen LogP contribution in [0.3, 0.4) is 0 Å². The highest BCUT2D eigenvalue weighted by atomic mass is 19.1. The summed E-state index contributed by atoms with van der Waals surface area (Å²) in [5.74, 6) is -2.14. The van der Waals surface area contributed by atoms with E-state index < -0.39 is 29.3 Å². The van der Waals surface area contributed by atoms with Gasteiger partial charge in [0.15, 0.2) is 11.6 Å². The number of ketones is 3. The van der Waals surface area contributed by atoms with Gasteiger partial charge >= 0.3 is 0 Å². The van der Waals surface area contributed by atoms with Crippen LogP contribution in [0.5, 0.6) is 0 Å². The molecule has 0 unspecified atom stereocenters. The molecule has 0 bridgehead atoms. The number of Topliss-reactive ketones (excluding diaryl/α,β-unsaturated/α-hetero) is 3. The average Bonchev–Trinajstić information content (AvgIpc) is 3.66. The van der Waals surface area contributed by atoms with E-state index in [1.807, 2.05) is 65.4 Å². The lowest BCUT2D eigenvalue weighted by Gasteiger charge is -2.37. The van der Waals surface area contributed by atoms with Crippen LogP contribution in [0.25, 0.3) is 0 Å². The van der Waals surface area contributed by atoms with E-state index in [1.54, 1.807) is 13.3 Å². The molecule has 2 atom stereocenters. The molecule has 5 rings (SSSR count). The number of aromatic nitrogens is 2. The van der Waals surface area contributed by atoms with E-state index in [2.05, 4.69) is 47.0 Å². The standard InChI is InChI=1S/C44H45FN4O5/c1-3-42(53)47-39(41(52)25-26-43(54)48-38(40(51)24-19-31(2)50)27-32-20-22-36(45)23-21-32)28-37-29-49(30-46-37)44(33-13-7-4-8-14-33,34-15-9-5-10-16-34)35-17-11-6-12-18-35/h4-18,20-23,29-30,38-39H,3,19,24-28H2,1-2H3,(H,47,53)(H,48,54)/t38-,39-/m0/s1. The summed E-state index contributed by atoms with van der Waals surface area (Å²) in [7, 11) is 0. The van der Waals surface area contributed by atoms with Crippen molar-refractivity contribution >= 4 is 29.2 Å². The first-order chi connectivity index (χ1) is 26.1. The molecule has 0 saturated carbocycles. The molecule has 2 amide bonds. The average molecular weight is 729 g/mol. The van der Waals surface area contributed by atoms with Crippen molar-refractivity contribution in [1.82, 2.24) is 20.2 Å². The van der Waals surface area contributed by atoms with Crippen molar-refractivity contribution < 1.29 is 28.4 Å². The quantitative estimate of drug-likeness (QED) is 0.0960. The Morgan fingerprint density at radius 1 is 0.648 bits per heavy atom. The molecule has 2 N–H and O–H groups in total. The molecule has 0 aliphatic heterocycles. The Balaban J connectivity index is 1.37. The summed E-state index contributed by atoms with van der Waals surface area (Å²) < 4.78 is 15.5. The minimum absolute atomic E-state index is 0.0326. The van der Waals surface area contributed by atoms with Gasteiger partial charge in [-0.05, 0) is 47.7 Å². The fourth-order valence-electron chi connectivity index (χ4n) is 6.64. The first kappa shape index (κ1) is 39.2. The van der Waals surface area contributed by atoms with Gasteiger partial charge in [0.1, 0.15) is 17.1 Å². The molecular weight excluding hydrogens is 684 g/mol. The Morgan fingerprint density at radius 2 is 1.13 bits per heavy atom. The predicted molar refractivity (Wildman–Crippen MR) is 204 cm³/mol. The first-order valence-corrected chi connectivity index (χ1v) is 18.2. The Kier molecular flexibility index (Phi) is 13.5. The summed E-state index contributed by atoms with van der Waals surface area (Å²) in [6, 6.07) is 33.9. The smallest absolute Gasteiger partial charge is 0.221 e. The molecule has 0 saturated heterocycles. The molecule has 0 aliphatic rings. The number of rotatable bonds is 19. The fraction of sp³-hybridized carbons (Fsp3) is 0.273. The van der Waals surface area contributed by atoms with Gasteiger partial charge in [0.05, 0.1) is 24.1 Å². The lowest BCUT2D eigenvalue weighted by atomic mass is 9.77. The van der Waals surface area contributed by atoms with Crippen molar-refractivity contribution in [1.29, 1.82) is 0 Å². The SMILES string of the molecule is CCC(=O)N[C@@H](Cc1cn(C(c2ccccc2)(c2ccccc2)c2ccccc2)cn1)C(=O)CCC(=O)N[C@@H](Cc1ccc(F)cc1)C(=O)CCC(C)=O. The molecule has 0 fully saturated rings. The summed E-state index contributed by atoms with van der Waals surface area (Å²) in [6.45, 7) is 3.08. The van der Waals surface area contributed by atoms with Gasteiger partial charge in [-0.3, -0.25) is 19.2 Å². The number of carbonyl (C=O) groups excluding carboxylic acids is 5. The molecule has 5 aromatic rings. The largest absolute Gasteiger partial charge is 0.346 e. The van der Waals surface area contributed by atoms with Gasteiger partial charge in [-0.25, -0.2) is 9.37 Å².